The molecule has 4 aliphatic heterocycles. The van der Waals surface area contributed by atoms with Gasteiger partial charge in [0.05, 0.1) is 48.9 Å². The first-order valence-electron chi connectivity index (χ1n) is 16.8. The quantitative estimate of drug-likeness (QED) is 0.199. The van der Waals surface area contributed by atoms with Crippen molar-refractivity contribution in [2.75, 3.05) is 29.6 Å². The lowest BCUT2D eigenvalue weighted by atomic mass is 9.82. The number of carbonyl (C=O) groups is 3. The van der Waals surface area contributed by atoms with E-state index in [1.165, 1.54) is 17.0 Å². The molecule has 0 aliphatic carbocycles. The summed E-state index contributed by atoms with van der Waals surface area (Å²) in [7, 11) is -3.14. The molecule has 2 fully saturated rings. The van der Waals surface area contributed by atoms with E-state index in [4.69, 9.17) is 9.47 Å². The fourth-order valence-electron chi connectivity index (χ4n) is 8.46. The minimum Gasteiger partial charge on any atom is -0.447 e. The summed E-state index contributed by atoms with van der Waals surface area (Å²) in [5.74, 6) is -1.32. The highest BCUT2D eigenvalue weighted by Gasteiger charge is 2.66. The van der Waals surface area contributed by atoms with Gasteiger partial charge in [0.15, 0.2) is 13.9 Å². The Morgan fingerprint density at radius 1 is 1.08 bits per heavy atom. The minimum absolute atomic E-state index is 0.117. The SMILES string of the molecule is C[C@H]1[C@H]([Si](C)(C)O)[C@@H](CC(=O)N2Cc3ccccc3C[C@H]2CO)O[C@]12C(=O)N(Cc1ccc(N3CCOC3=O)cc1)c1ccc([N+](=O)[O-])cc12. The van der Waals surface area contributed by atoms with E-state index < -0.39 is 54.4 Å². The molecule has 3 amide bonds. The van der Waals surface area contributed by atoms with Gasteiger partial charge in [-0.3, -0.25) is 24.6 Å². The van der Waals surface area contributed by atoms with Gasteiger partial charge in [0, 0.05) is 41.4 Å². The molecule has 4 heterocycles. The maximum atomic E-state index is 14.8. The van der Waals surface area contributed by atoms with Gasteiger partial charge in [0.25, 0.3) is 11.6 Å². The molecule has 0 saturated carbocycles. The van der Waals surface area contributed by atoms with Crippen LogP contribution in [0.1, 0.15) is 35.6 Å². The number of ether oxygens (including phenoxy) is 2. The van der Waals surface area contributed by atoms with E-state index in [2.05, 4.69) is 0 Å². The van der Waals surface area contributed by atoms with Crippen molar-refractivity contribution < 1.29 is 38.7 Å². The van der Waals surface area contributed by atoms with E-state index in [0.29, 0.717) is 43.1 Å². The molecule has 4 aliphatic rings. The van der Waals surface area contributed by atoms with Gasteiger partial charge in [0.1, 0.15) is 6.61 Å². The number of anilines is 2. The number of fused-ring (bicyclic) bond motifs is 3. The number of benzene rings is 3. The van der Waals surface area contributed by atoms with E-state index >= 15 is 0 Å². The number of nitro benzene ring substituents is 1. The van der Waals surface area contributed by atoms with Crippen LogP contribution in [0, 0.1) is 16.0 Å². The Labute approximate surface area is 290 Å². The summed E-state index contributed by atoms with van der Waals surface area (Å²) in [5.41, 5.74) is 1.80. The van der Waals surface area contributed by atoms with E-state index in [-0.39, 0.29) is 31.2 Å². The highest BCUT2D eigenvalue weighted by atomic mass is 28.4. The maximum Gasteiger partial charge on any atom is 0.414 e. The average molecular weight is 701 g/mol. The zero-order valence-electron chi connectivity index (χ0n) is 28.2. The van der Waals surface area contributed by atoms with Crippen LogP contribution in [0.3, 0.4) is 0 Å². The number of aliphatic hydroxyl groups excluding tert-OH is 1. The van der Waals surface area contributed by atoms with E-state index in [0.717, 1.165) is 16.7 Å². The number of hydrogen-bond acceptors (Lipinski definition) is 9. The molecule has 50 heavy (non-hydrogen) atoms. The molecule has 3 aromatic rings. The van der Waals surface area contributed by atoms with Crippen LogP contribution in [0.4, 0.5) is 21.9 Å². The van der Waals surface area contributed by atoms with E-state index in [1.54, 1.807) is 41.1 Å². The lowest BCUT2D eigenvalue weighted by Crippen LogP contribution is -2.48. The highest BCUT2D eigenvalue weighted by molar-refractivity contribution is 6.71. The second kappa shape index (κ2) is 12.6. The number of aliphatic hydroxyl groups is 1. The Balaban J connectivity index is 1.23. The number of carbonyl (C=O) groups excluding carboxylic acids is 3. The molecule has 0 radical (unpaired) electrons. The molecule has 14 heteroatoms. The van der Waals surface area contributed by atoms with Crippen LogP contribution < -0.4 is 9.80 Å². The molecule has 5 atom stereocenters. The number of cyclic esters (lactones) is 1. The molecule has 1 spiro atoms. The third-order valence-electron chi connectivity index (χ3n) is 10.8. The molecule has 2 saturated heterocycles. The third-order valence-corrected chi connectivity index (χ3v) is 13.3. The van der Waals surface area contributed by atoms with Gasteiger partial charge in [0.2, 0.25) is 5.91 Å². The predicted molar refractivity (Wildman–Crippen MR) is 185 cm³/mol. The summed E-state index contributed by atoms with van der Waals surface area (Å²) >= 11 is 0. The largest absolute Gasteiger partial charge is 0.447 e. The van der Waals surface area contributed by atoms with Crippen molar-refractivity contribution in [2.24, 2.45) is 5.92 Å². The van der Waals surface area contributed by atoms with Gasteiger partial charge in [-0.1, -0.05) is 43.3 Å². The Bertz CT molecular complexity index is 1860. The molecule has 3 aromatic carbocycles. The number of hydrogen-bond donors (Lipinski definition) is 2. The van der Waals surface area contributed by atoms with Crippen molar-refractivity contribution >= 4 is 43.3 Å². The second-order valence-corrected chi connectivity index (χ2v) is 18.2. The van der Waals surface area contributed by atoms with Crippen LogP contribution in [0.2, 0.25) is 18.6 Å². The zero-order chi connectivity index (χ0) is 35.5. The smallest absolute Gasteiger partial charge is 0.414 e. The van der Waals surface area contributed by atoms with Gasteiger partial charge >= 0.3 is 6.09 Å². The number of nitro groups is 1. The van der Waals surface area contributed by atoms with Gasteiger partial charge in [-0.2, -0.15) is 0 Å². The Hall–Kier alpha value is -4.63. The van der Waals surface area contributed by atoms with Gasteiger partial charge in [-0.05, 0) is 54.4 Å². The van der Waals surface area contributed by atoms with E-state index in [1.807, 2.05) is 43.3 Å². The molecule has 262 valence electrons. The Morgan fingerprint density at radius 3 is 2.44 bits per heavy atom. The minimum atomic E-state index is -3.14. The summed E-state index contributed by atoms with van der Waals surface area (Å²) in [6.07, 6.45) is -0.922. The van der Waals surface area contributed by atoms with Crippen LogP contribution in [0.15, 0.2) is 66.7 Å². The van der Waals surface area contributed by atoms with Crippen molar-refractivity contribution in [1.82, 2.24) is 4.90 Å². The Kier molecular flexibility index (Phi) is 8.53. The first-order valence-corrected chi connectivity index (χ1v) is 19.9. The van der Waals surface area contributed by atoms with Crippen molar-refractivity contribution in [3.63, 3.8) is 0 Å². The molecule has 0 unspecified atom stereocenters. The van der Waals surface area contributed by atoms with Crippen LogP contribution >= 0.6 is 0 Å². The third kappa shape index (κ3) is 5.56. The summed E-state index contributed by atoms with van der Waals surface area (Å²) < 4.78 is 11.8. The predicted octanol–water partition coefficient (Wildman–Crippen LogP) is 4.23. The summed E-state index contributed by atoms with van der Waals surface area (Å²) in [4.78, 5) is 68.8. The normalized spacial score (nSPS) is 26.0. The fourth-order valence-corrected chi connectivity index (χ4v) is 11.0. The first kappa shape index (κ1) is 33.8. The van der Waals surface area contributed by atoms with Crippen molar-refractivity contribution in [3.8, 4) is 0 Å². The maximum absolute atomic E-state index is 14.8. The lowest BCUT2D eigenvalue weighted by molar-refractivity contribution is -0.385. The van der Waals surface area contributed by atoms with Crippen molar-refractivity contribution in [2.45, 2.75) is 69.2 Å². The number of nitrogens with zero attached hydrogens (tertiary/aromatic N) is 4. The van der Waals surface area contributed by atoms with Crippen molar-refractivity contribution in [1.29, 1.82) is 0 Å². The number of non-ortho nitro benzene ring substituents is 1. The lowest BCUT2D eigenvalue weighted by Gasteiger charge is -2.37. The van der Waals surface area contributed by atoms with Crippen LogP contribution in [0.25, 0.3) is 0 Å². The first-order chi connectivity index (χ1) is 23.8. The topological polar surface area (TPSA) is 163 Å². The van der Waals surface area contributed by atoms with Crippen LogP contribution in [-0.2, 0) is 44.2 Å². The van der Waals surface area contributed by atoms with Gasteiger partial charge in [-0.15, -0.1) is 0 Å². The van der Waals surface area contributed by atoms with Crippen molar-refractivity contribution in [3.05, 3.63) is 99.1 Å². The number of rotatable bonds is 8. The molecule has 13 nitrogen and oxygen atoms in total. The zero-order valence-corrected chi connectivity index (χ0v) is 29.2. The average Bonchev–Trinajstić information content (AvgIpc) is 3.72. The van der Waals surface area contributed by atoms with E-state index in [9.17, 15) is 34.4 Å². The fraction of sp³-hybridized carbons (Fsp3) is 0.417. The summed E-state index contributed by atoms with van der Waals surface area (Å²) in [5, 5.41) is 22.2. The summed E-state index contributed by atoms with van der Waals surface area (Å²) in [6, 6.07) is 18.8. The molecule has 2 N–H and O–H groups in total. The monoisotopic (exact) mass is 700 g/mol. The molecular weight excluding hydrogens is 661 g/mol. The Morgan fingerprint density at radius 2 is 1.80 bits per heavy atom. The van der Waals surface area contributed by atoms with Gasteiger partial charge in [-0.25, -0.2) is 4.79 Å². The molecule has 0 bridgehead atoms. The second-order valence-electron chi connectivity index (χ2n) is 14.2. The van der Waals surface area contributed by atoms with Gasteiger partial charge < -0.3 is 29.2 Å². The van der Waals surface area contributed by atoms with Crippen LogP contribution in [0.5, 0.6) is 0 Å². The number of amides is 3. The molecule has 0 aromatic heterocycles. The standard InChI is InChI=1S/C36H40N4O9Si/c1-22-33(50(2,3)47)31(18-32(42)38-20-25-7-5-4-6-24(25)16-28(38)21-41)49-36(22)29-17-27(40(45)46)12-13-30(29)39(34(36)43)19-23-8-10-26(11-9-23)37-14-15-48-35(37)44/h4-13,17,22,28,31,33,41,47H,14-16,18-21H2,1-3H3/t22-,28-,31+,33-,36+/m0/s1. The summed E-state index contributed by atoms with van der Waals surface area (Å²) in [6.45, 7) is 6.29. The molecule has 7 rings (SSSR count). The van der Waals surface area contributed by atoms with Crippen LogP contribution in [-0.4, -0.2) is 77.9 Å². The molecular formula is C36H40N4O9Si. The highest BCUT2D eigenvalue weighted by Crippen LogP contribution is 2.60.